The summed E-state index contributed by atoms with van der Waals surface area (Å²) in [5.41, 5.74) is 0. The topological polar surface area (TPSA) is 135 Å². The molecule has 0 aromatic rings. The Labute approximate surface area is 380 Å². The van der Waals surface area contributed by atoms with E-state index in [2.05, 4.69) is 62.5 Å². The lowest BCUT2D eigenvalue weighted by Gasteiger charge is -2.39. The van der Waals surface area contributed by atoms with Crippen molar-refractivity contribution < 1.29 is 44.2 Å². The summed E-state index contributed by atoms with van der Waals surface area (Å²) in [4.78, 5) is 12.8. The van der Waals surface area contributed by atoms with E-state index in [1.54, 1.807) is 0 Å². The Morgan fingerprint density at radius 1 is 0.516 bits per heavy atom. The largest absolute Gasteiger partial charge is 0.457 e. The molecule has 9 heteroatoms. The lowest BCUT2D eigenvalue weighted by molar-refractivity contribution is -0.305. The molecule has 6 atom stereocenters. The number of hydrogen-bond donors (Lipinski definition) is 4. The highest BCUT2D eigenvalue weighted by molar-refractivity contribution is 5.69. The zero-order valence-electron chi connectivity index (χ0n) is 39.9. The molecule has 4 N–H and O–H groups in total. The summed E-state index contributed by atoms with van der Waals surface area (Å²) < 4.78 is 22.9. The van der Waals surface area contributed by atoms with Crippen molar-refractivity contribution in [1.82, 2.24) is 0 Å². The molecule has 0 aromatic heterocycles. The molecule has 62 heavy (non-hydrogen) atoms. The minimum atomic E-state index is -1.54. The lowest BCUT2D eigenvalue weighted by atomic mass is 9.99. The summed E-state index contributed by atoms with van der Waals surface area (Å²) in [6.45, 7) is 4.53. The Kier molecular flexibility index (Phi) is 41.6. The standard InChI is InChI=1S/C53H96O9/c1-3-5-7-9-11-13-15-17-19-20-21-22-23-24-25-26-27-29-31-33-35-37-39-41-43-59-45-47(46-60-53-52(58)51(57)50(56)48(44-54)62-53)61-49(55)42-40-38-36-34-32-30-28-18-16-14-12-10-8-6-4-2/h15,17-18,20-21,23-24,28,47-48,50-54,56-58H,3-14,16,19,22,25-27,29-46H2,1-2H3/b17-15-,21-20-,24-23-,28-18-. The van der Waals surface area contributed by atoms with Crippen LogP contribution < -0.4 is 0 Å². The van der Waals surface area contributed by atoms with E-state index in [4.69, 9.17) is 18.9 Å². The molecular weight excluding hydrogens is 781 g/mol. The zero-order chi connectivity index (χ0) is 45.0. The van der Waals surface area contributed by atoms with Crippen LogP contribution in [0.5, 0.6) is 0 Å². The fourth-order valence-electron chi connectivity index (χ4n) is 7.67. The van der Waals surface area contributed by atoms with Crippen LogP contribution in [0.15, 0.2) is 48.6 Å². The average Bonchev–Trinajstić information content (AvgIpc) is 3.27. The quantitative estimate of drug-likeness (QED) is 0.0268. The Balaban J connectivity index is 2.20. The van der Waals surface area contributed by atoms with Crippen molar-refractivity contribution in [2.75, 3.05) is 26.4 Å². The van der Waals surface area contributed by atoms with Gasteiger partial charge in [-0.25, -0.2) is 0 Å². The first-order valence-corrected chi connectivity index (χ1v) is 25.7. The number of carbonyl (C=O) groups excluding carboxylic acids is 1. The molecule has 6 unspecified atom stereocenters. The van der Waals surface area contributed by atoms with Crippen molar-refractivity contribution in [3.8, 4) is 0 Å². The van der Waals surface area contributed by atoms with Gasteiger partial charge in [0.1, 0.15) is 30.5 Å². The highest BCUT2D eigenvalue weighted by Crippen LogP contribution is 2.23. The molecule has 0 aliphatic carbocycles. The third-order valence-corrected chi connectivity index (χ3v) is 11.7. The van der Waals surface area contributed by atoms with E-state index in [1.165, 1.54) is 141 Å². The molecule has 1 fully saturated rings. The van der Waals surface area contributed by atoms with Crippen molar-refractivity contribution >= 4 is 5.97 Å². The van der Waals surface area contributed by atoms with Gasteiger partial charge in [-0.05, 0) is 77.0 Å². The number of aliphatic hydroxyl groups is 4. The summed E-state index contributed by atoms with van der Waals surface area (Å²) in [7, 11) is 0. The van der Waals surface area contributed by atoms with E-state index in [1.807, 2.05) is 0 Å². The number of esters is 1. The molecule has 1 saturated heterocycles. The monoisotopic (exact) mass is 877 g/mol. The fraction of sp³-hybridized carbons (Fsp3) is 0.830. The van der Waals surface area contributed by atoms with Crippen molar-refractivity contribution in [1.29, 1.82) is 0 Å². The predicted molar refractivity (Wildman–Crippen MR) is 256 cm³/mol. The predicted octanol–water partition coefficient (Wildman–Crippen LogP) is 12.5. The van der Waals surface area contributed by atoms with Gasteiger partial charge in [-0.3, -0.25) is 4.79 Å². The van der Waals surface area contributed by atoms with Gasteiger partial charge in [0, 0.05) is 13.0 Å². The number of ether oxygens (including phenoxy) is 4. The molecule has 1 aliphatic rings. The molecule has 1 aliphatic heterocycles. The maximum Gasteiger partial charge on any atom is 0.306 e. The van der Waals surface area contributed by atoms with Gasteiger partial charge in [0.2, 0.25) is 0 Å². The molecule has 0 spiro atoms. The van der Waals surface area contributed by atoms with Crippen LogP contribution in [0.1, 0.15) is 219 Å². The average molecular weight is 877 g/mol. The molecule has 0 bridgehead atoms. The second-order valence-electron chi connectivity index (χ2n) is 17.6. The minimum Gasteiger partial charge on any atom is -0.457 e. The maximum absolute atomic E-state index is 12.8. The summed E-state index contributed by atoms with van der Waals surface area (Å²) in [5.74, 6) is -0.324. The number of carbonyl (C=O) groups is 1. The number of unbranched alkanes of at least 4 members (excludes halogenated alkanes) is 25. The van der Waals surface area contributed by atoms with E-state index in [-0.39, 0.29) is 19.2 Å². The van der Waals surface area contributed by atoms with Gasteiger partial charge >= 0.3 is 5.97 Å². The van der Waals surface area contributed by atoms with E-state index in [0.717, 1.165) is 57.8 Å². The van der Waals surface area contributed by atoms with Crippen molar-refractivity contribution in [3.05, 3.63) is 48.6 Å². The first kappa shape index (κ1) is 58.2. The summed E-state index contributed by atoms with van der Waals surface area (Å²) in [6, 6.07) is 0. The highest BCUT2D eigenvalue weighted by Gasteiger charge is 2.44. The van der Waals surface area contributed by atoms with Gasteiger partial charge < -0.3 is 39.4 Å². The Morgan fingerprint density at radius 3 is 1.42 bits per heavy atom. The van der Waals surface area contributed by atoms with E-state index in [9.17, 15) is 25.2 Å². The number of hydrogen-bond acceptors (Lipinski definition) is 9. The number of rotatable bonds is 44. The molecule has 362 valence electrons. The molecule has 9 nitrogen and oxygen atoms in total. The van der Waals surface area contributed by atoms with Crippen molar-refractivity contribution in [2.45, 2.75) is 256 Å². The summed E-state index contributed by atoms with van der Waals surface area (Å²) in [5, 5.41) is 40.2. The molecular formula is C53H96O9. The van der Waals surface area contributed by atoms with Gasteiger partial charge in [0.25, 0.3) is 0 Å². The Bertz CT molecular complexity index is 1090. The van der Waals surface area contributed by atoms with Gasteiger partial charge in [-0.1, -0.05) is 184 Å². The van der Waals surface area contributed by atoms with Crippen LogP contribution in [0.25, 0.3) is 0 Å². The zero-order valence-corrected chi connectivity index (χ0v) is 39.9. The van der Waals surface area contributed by atoms with Gasteiger partial charge in [-0.2, -0.15) is 0 Å². The third-order valence-electron chi connectivity index (χ3n) is 11.7. The van der Waals surface area contributed by atoms with Crippen LogP contribution in [0.3, 0.4) is 0 Å². The van der Waals surface area contributed by atoms with E-state index >= 15 is 0 Å². The molecule has 1 rings (SSSR count). The van der Waals surface area contributed by atoms with Crippen molar-refractivity contribution in [3.63, 3.8) is 0 Å². The summed E-state index contributed by atoms with van der Waals surface area (Å²) >= 11 is 0. The van der Waals surface area contributed by atoms with E-state index < -0.39 is 43.4 Å². The first-order valence-electron chi connectivity index (χ1n) is 25.7. The molecule has 0 aromatic carbocycles. The van der Waals surface area contributed by atoms with Crippen molar-refractivity contribution in [2.24, 2.45) is 0 Å². The Morgan fingerprint density at radius 2 is 0.935 bits per heavy atom. The minimum absolute atomic E-state index is 0.119. The van der Waals surface area contributed by atoms with Gasteiger partial charge in [-0.15, -0.1) is 0 Å². The van der Waals surface area contributed by atoms with Crippen LogP contribution >= 0.6 is 0 Å². The van der Waals surface area contributed by atoms with Gasteiger partial charge in [0.15, 0.2) is 6.29 Å². The molecule has 1 heterocycles. The fourth-order valence-corrected chi connectivity index (χ4v) is 7.67. The normalized spacial score (nSPS) is 20.1. The molecule has 0 amide bonds. The second-order valence-corrected chi connectivity index (χ2v) is 17.6. The third kappa shape index (κ3) is 34.5. The van der Waals surface area contributed by atoms with Crippen LogP contribution in [0.2, 0.25) is 0 Å². The smallest absolute Gasteiger partial charge is 0.306 e. The van der Waals surface area contributed by atoms with E-state index in [0.29, 0.717) is 13.0 Å². The van der Waals surface area contributed by atoms with Crippen LogP contribution in [-0.2, 0) is 23.7 Å². The molecule has 0 saturated carbocycles. The number of allylic oxidation sites excluding steroid dienone is 8. The SMILES string of the molecule is CCCCCCC/C=C\C/C=C\C/C=C\CCCCCCCCCCCOCC(COC1OC(CO)C(O)C(O)C1O)OC(=O)CCCCCCC/C=C\CCCCCCCC. The van der Waals surface area contributed by atoms with Crippen LogP contribution in [-0.4, -0.2) is 89.6 Å². The maximum atomic E-state index is 12.8. The van der Waals surface area contributed by atoms with Gasteiger partial charge in [0.05, 0.1) is 19.8 Å². The van der Waals surface area contributed by atoms with Crippen LogP contribution in [0.4, 0.5) is 0 Å². The first-order chi connectivity index (χ1) is 30.4. The highest BCUT2D eigenvalue weighted by atomic mass is 16.7. The van der Waals surface area contributed by atoms with Crippen LogP contribution in [0, 0.1) is 0 Å². The molecule has 0 radical (unpaired) electrons. The Hall–Kier alpha value is -1.85. The second kappa shape index (κ2) is 44.4. The lowest BCUT2D eigenvalue weighted by Crippen LogP contribution is -2.59. The number of aliphatic hydroxyl groups excluding tert-OH is 4. The summed E-state index contributed by atoms with van der Waals surface area (Å²) in [6.07, 6.45) is 48.6.